The number of anilines is 2. The first-order valence-electron chi connectivity index (χ1n) is 8.67. The molecule has 0 atom stereocenters. The van der Waals surface area contributed by atoms with Gasteiger partial charge in [0.1, 0.15) is 4.90 Å². The van der Waals surface area contributed by atoms with E-state index < -0.39 is 24.9 Å². The number of nitrogen functional groups attached to an aromatic ring is 2. The summed E-state index contributed by atoms with van der Waals surface area (Å²) in [7, 11) is -8.56. The fraction of sp³-hybridized carbons (Fsp3) is 0.333. The molecule has 0 aliphatic carbocycles. The lowest BCUT2D eigenvalue weighted by Crippen LogP contribution is -2.21. The summed E-state index contributed by atoms with van der Waals surface area (Å²) in [6.07, 6.45) is 0. The van der Waals surface area contributed by atoms with Crippen LogP contribution in [-0.2, 0) is 20.0 Å². The molecule has 0 amide bonds. The molecule has 0 saturated carbocycles. The van der Waals surface area contributed by atoms with Crippen molar-refractivity contribution in [2.45, 2.75) is 35.5 Å². The van der Waals surface area contributed by atoms with Gasteiger partial charge in [-0.15, -0.1) is 0 Å². The molecule has 0 spiro atoms. The van der Waals surface area contributed by atoms with Gasteiger partial charge in [0.15, 0.2) is 0 Å². The lowest BCUT2D eigenvalue weighted by Gasteiger charge is -2.13. The summed E-state index contributed by atoms with van der Waals surface area (Å²) >= 11 is 0. The van der Waals surface area contributed by atoms with E-state index in [4.69, 9.17) is 16.0 Å². The molecule has 10 heteroatoms. The summed E-state index contributed by atoms with van der Waals surface area (Å²) in [5.74, 6) is 0. The molecule has 0 fully saturated rings. The standard InChI is InChI=1S/C12H12N2O5S2.C6H15N/c13-8-1-3-9(4-2-8)20(15,16)10-5-6-11(14)12(7-10)21(17,18)19;1-4-7(5-2)6-3/h1-7H,13-14H2,(H,17,18,19);4-6H2,1-3H3. The average molecular weight is 430 g/mol. The highest BCUT2D eigenvalue weighted by Gasteiger charge is 2.22. The molecule has 28 heavy (non-hydrogen) atoms. The van der Waals surface area contributed by atoms with Crippen LogP contribution in [0.3, 0.4) is 0 Å². The second-order valence-electron chi connectivity index (χ2n) is 5.87. The SMILES string of the molecule is CCN(CC)CC.Nc1ccc(S(=O)(=O)c2ccc(N)c(S(=O)(=O)O)c2)cc1. The van der Waals surface area contributed by atoms with E-state index in [1.54, 1.807) is 0 Å². The van der Waals surface area contributed by atoms with Crippen LogP contribution < -0.4 is 11.5 Å². The molecule has 2 rings (SSSR count). The highest BCUT2D eigenvalue weighted by atomic mass is 32.2. The third-order valence-electron chi connectivity index (χ3n) is 4.11. The summed E-state index contributed by atoms with van der Waals surface area (Å²) in [5, 5.41) is 0. The molecule has 2 aromatic rings. The minimum atomic E-state index is -4.61. The maximum Gasteiger partial charge on any atom is 0.296 e. The molecule has 0 saturated heterocycles. The van der Waals surface area contributed by atoms with Crippen LogP contribution >= 0.6 is 0 Å². The van der Waals surface area contributed by atoms with Gasteiger partial charge >= 0.3 is 0 Å². The maximum atomic E-state index is 12.4. The number of hydrogen-bond donors (Lipinski definition) is 3. The molecule has 8 nitrogen and oxygen atoms in total. The molecule has 2 aromatic carbocycles. The van der Waals surface area contributed by atoms with Gasteiger partial charge in [0, 0.05) is 5.69 Å². The molecule has 156 valence electrons. The Balaban J connectivity index is 0.000000480. The normalized spacial score (nSPS) is 11.8. The third-order valence-corrected chi connectivity index (χ3v) is 6.78. The van der Waals surface area contributed by atoms with E-state index in [-0.39, 0.29) is 15.5 Å². The van der Waals surface area contributed by atoms with Crippen LogP contribution in [0.5, 0.6) is 0 Å². The fourth-order valence-electron chi connectivity index (χ4n) is 2.36. The summed E-state index contributed by atoms with van der Waals surface area (Å²) < 4.78 is 56.2. The fourth-order valence-corrected chi connectivity index (χ4v) is 4.36. The van der Waals surface area contributed by atoms with Gasteiger partial charge in [-0.05, 0) is 62.1 Å². The van der Waals surface area contributed by atoms with Crippen LogP contribution in [0.15, 0.2) is 57.2 Å². The van der Waals surface area contributed by atoms with Crippen molar-refractivity contribution < 1.29 is 21.4 Å². The molecule has 0 aliphatic heterocycles. The lowest BCUT2D eigenvalue weighted by atomic mass is 10.3. The molecular formula is C18H27N3O5S2. The minimum Gasteiger partial charge on any atom is -0.399 e. The zero-order chi connectivity index (χ0) is 21.5. The van der Waals surface area contributed by atoms with Crippen LogP contribution in [0, 0.1) is 0 Å². The molecule has 0 radical (unpaired) electrons. The molecular weight excluding hydrogens is 402 g/mol. The second-order valence-corrected chi connectivity index (χ2v) is 9.21. The van der Waals surface area contributed by atoms with Gasteiger partial charge in [-0.25, -0.2) is 8.42 Å². The van der Waals surface area contributed by atoms with Crippen molar-refractivity contribution in [3.05, 3.63) is 42.5 Å². The van der Waals surface area contributed by atoms with Crippen LogP contribution in [0.1, 0.15) is 20.8 Å². The van der Waals surface area contributed by atoms with Crippen LogP contribution in [0.2, 0.25) is 0 Å². The van der Waals surface area contributed by atoms with Gasteiger partial charge in [-0.1, -0.05) is 20.8 Å². The van der Waals surface area contributed by atoms with Crippen molar-refractivity contribution in [3.8, 4) is 0 Å². The quantitative estimate of drug-likeness (QED) is 0.468. The summed E-state index contributed by atoms with van der Waals surface area (Å²) in [6.45, 7) is 10.1. The van der Waals surface area contributed by atoms with E-state index in [9.17, 15) is 16.8 Å². The van der Waals surface area contributed by atoms with Gasteiger partial charge in [0.25, 0.3) is 10.1 Å². The molecule has 5 N–H and O–H groups in total. The van der Waals surface area contributed by atoms with Gasteiger partial charge < -0.3 is 16.4 Å². The minimum absolute atomic E-state index is 0.0530. The smallest absolute Gasteiger partial charge is 0.296 e. The van der Waals surface area contributed by atoms with E-state index in [1.807, 2.05) is 0 Å². The van der Waals surface area contributed by atoms with Crippen LogP contribution in [0.25, 0.3) is 0 Å². The predicted octanol–water partition coefficient (Wildman–Crippen LogP) is 2.28. The van der Waals surface area contributed by atoms with Crippen molar-refractivity contribution >= 4 is 31.3 Å². The number of sulfone groups is 1. The van der Waals surface area contributed by atoms with Crippen molar-refractivity contribution in [1.82, 2.24) is 4.90 Å². The van der Waals surface area contributed by atoms with E-state index in [2.05, 4.69) is 25.7 Å². The van der Waals surface area contributed by atoms with Crippen LogP contribution in [-0.4, -0.2) is 45.9 Å². The van der Waals surface area contributed by atoms with Crippen molar-refractivity contribution in [2.24, 2.45) is 0 Å². The summed E-state index contributed by atoms with van der Waals surface area (Å²) in [6, 6.07) is 8.50. The maximum absolute atomic E-state index is 12.4. The topological polar surface area (TPSA) is 144 Å². The van der Waals surface area contributed by atoms with Gasteiger partial charge in [0.05, 0.1) is 15.5 Å². The number of hydrogen-bond acceptors (Lipinski definition) is 7. The Morgan fingerprint density at radius 3 is 1.68 bits per heavy atom. The Labute approximate surface area is 166 Å². The van der Waals surface area contributed by atoms with Crippen molar-refractivity contribution in [1.29, 1.82) is 0 Å². The zero-order valence-corrected chi connectivity index (χ0v) is 17.8. The predicted molar refractivity (Wildman–Crippen MR) is 110 cm³/mol. The van der Waals surface area contributed by atoms with Gasteiger partial charge in [0.2, 0.25) is 9.84 Å². The number of benzene rings is 2. The van der Waals surface area contributed by atoms with E-state index in [0.717, 1.165) is 18.2 Å². The number of nitrogens with zero attached hydrogens (tertiary/aromatic N) is 1. The Bertz CT molecular complexity index is 979. The Hall–Kier alpha value is -2.14. The van der Waals surface area contributed by atoms with Crippen molar-refractivity contribution in [3.63, 3.8) is 0 Å². The molecule has 0 heterocycles. The third kappa shape index (κ3) is 6.20. The highest BCUT2D eigenvalue weighted by Crippen LogP contribution is 2.27. The van der Waals surface area contributed by atoms with Gasteiger partial charge in [-0.3, -0.25) is 4.55 Å². The first-order chi connectivity index (χ1) is 13.0. The first kappa shape index (κ1) is 23.9. The molecule has 0 bridgehead atoms. The second kappa shape index (κ2) is 9.87. The average Bonchev–Trinajstić information content (AvgIpc) is 2.63. The summed E-state index contributed by atoms with van der Waals surface area (Å²) in [4.78, 5) is 1.37. The summed E-state index contributed by atoms with van der Waals surface area (Å²) in [5.41, 5.74) is 11.1. The molecule has 0 unspecified atom stereocenters. The molecule has 0 aliphatic rings. The Morgan fingerprint density at radius 1 is 0.821 bits per heavy atom. The lowest BCUT2D eigenvalue weighted by molar-refractivity contribution is 0.321. The number of nitrogens with two attached hydrogens (primary N) is 2. The van der Waals surface area contributed by atoms with E-state index in [1.165, 1.54) is 43.9 Å². The Morgan fingerprint density at radius 2 is 1.29 bits per heavy atom. The zero-order valence-electron chi connectivity index (χ0n) is 16.2. The first-order valence-corrected chi connectivity index (χ1v) is 11.6. The molecule has 0 aromatic heterocycles. The van der Waals surface area contributed by atoms with Crippen molar-refractivity contribution in [2.75, 3.05) is 31.1 Å². The Kier molecular flexibility index (Phi) is 8.43. The monoisotopic (exact) mass is 429 g/mol. The largest absolute Gasteiger partial charge is 0.399 e. The van der Waals surface area contributed by atoms with Crippen LogP contribution in [0.4, 0.5) is 11.4 Å². The van der Waals surface area contributed by atoms with E-state index in [0.29, 0.717) is 5.69 Å². The van der Waals surface area contributed by atoms with Gasteiger partial charge in [-0.2, -0.15) is 8.42 Å². The van der Waals surface area contributed by atoms with E-state index >= 15 is 0 Å². The number of rotatable bonds is 6. The highest BCUT2D eigenvalue weighted by molar-refractivity contribution is 7.91.